The summed E-state index contributed by atoms with van der Waals surface area (Å²) in [4.78, 5) is 21.6. The molecule has 0 radical (unpaired) electrons. The van der Waals surface area contributed by atoms with Gasteiger partial charge in [0.15, 0.2) is 0 Å². The first-order valence-electron chi connectivity index (χ1n) is 10.2. The zero-order chi connectivity index (χ0) is 19.3. The van der Waals surface area contributed by atoms with Gasteiger partial charge in [-0.25, -0.2) is 0 Å². The van der Waals surface area contributed by atoms with Crippen LogP contribution >= 0.6 is 0 Å². The Morgan fingerprint density at radius 2 is 1.96 bits per heavy atom. The molecule has 2 aliphatic rings. The van der Waals surface area contributed by atoms with Crippen molar-refractivity contribution in [3.8, 4) is 17.1 Å². The van der Waals surface area contributed by atoms with Gasteiger partial charge in [-0.05, 0) is 57.3 Å². The molecule has 0 N–H and O–H groups in total. The van der Waals surface area contributed by atoms with Crippen molar-refractivity contribution in [3.63, 3.8) is 0 Å². The van der Waals surface area contributed by atoms with Crippen LogP contribution in [0.2, 0.25) is 0 Å². The van der Waals surface area contributed by atoms with E-state index in [1.165, 1.54) is 6.42 Å². The van der Waals surface area contributed by atoms with Crippen LogP contribution in [-0.2, 0) is 11.3 Å². The van der Waals surface area contributed by atoms with Crippen molar-refractivity contribution in [2.75, 3.05) is 33.3 Å². The highest BCUT2D eigenvalue weighted by molar-refractivity contribution is 5.79. The van der Waals surface area contributed by atoms with E-state index in [4.69, 9.17) is 9.26 Å². The quantitative estimate of drug-likeness (QED) is 0.789. The number of hydrogen-bond donors (Lipinski definition) is 0. The van der Waals surface area contributed by atoms with E-state index in [0.717, 1.165) is 63.2 Å². The van der Waals surface area contributed by atoms with Gasteiger partial charge in [-0.1, -0.05) is 17.3 Å². The summed E-state index contributed by atoms with van der Waals surface area (Å²) in [6, 6.07) is 7.63. The first-order chi connectivity index (χ1) is 13.7. The van der Waals surface area contributed by atoms with E-state index in [2.05, 4.69) is 19.9 Å². The number of aromatic nitrogens is 2. The Bertz CT molecular complexity index is 792. The van der Waals surface area contributed by atoms with E-state index in [-0.39, 0.29) is 5.92 Å². The van der Waals surface area contributed by atoms with Gasteiger partial charge < -0.3 is 14.2 Å². The Labute approximate surface area is 165 Å². The predicted octanol–water partition coefficient (Wildman–Crippen LogP) is 2.97. The summed E-state index contributed by atoms with van der Waals surface area (Å²) in [5.74, 6) is 2.48. The molecule has 0 bridgehead atoms. The summed E-state index contributed by atoms with van der Waals surface area (Å²) < 4.78 is 10.7. The fourth-order valence-electron chi connectivity index (χ4n) is 4.10. The lowest BCUT2D eigenvalue weighted by Crippen LogP contribution is -2.44. The van der Waals surface area contributed by atoms with Gasteiger partial charge in [-0.3, -0.25) is 9.69 Å². The van der Waals surface area contributed by atoms with Gasteiger partial charge in [0.1, 0.15) is 5.75 Å². The number of methoxy groups -OCH3 is 1. The highest BCUT2D eigenvalue weighted by Gasteiger charge is 2.29. The van der Waals surface area contributed by atoms with Crippen LogP contribution < -0.4 is 4.74 Å². The maximum absolute atomic E-state index is 12.7. The van der Waals surface area contributed by atoms with E-state index >= 15 is 0 Å². The molecule has 4 rings (SSSR count). The van der Waals surface area contributed by atoms with Crippen LogP contribution in [0.15, 0.2) is 28.8 Å². The number of carbonyl (C=O) groups is 1. The van der Waals surface area contributed by atoms with Crippen LogP contribution in [0, 0.1) is 5.92 Å². The number of rotatable bonds is 5. The van der Waals surface area contributed by atoms with Crippen LogP contribution in [0.3, 0.4) is 0 Å². The molecule has 150 valence electrons. The van der Waals surface area contributed by atoms with Crippen molar-refractivity contribution in [1.29, 1.82) is 0 Å². The smallest absolute Gasteiger partial charge is 0.241 e. The number of hydrogen-bond acceptors (Lipinski definition) is 6. The normalized spacial score (nSPS) is 19.0. The lowest BCUT2D eigenvalue weighted by atomic mass is 9.94. The monoisotopic (exact) mass is 384 g/mol. The second-order valence-electron chi connectivity index (χ2n) is 7.68. The van der Waals surface area contributed by atoms with Crippen molar-refractivity contribution in [2.24, 2.45) is 5.92 Å². The Balaban J connectivity index is 1.30. The van der Waals surface area contributed by atoms with Gasteiger partial charge >= 0.3 is 0 Å². The first-order valence-corrected chi connectivity index (χ1v) is 10.2. The lowest BCUT2D eigenvalue weighted by molar-refractivity contribution is -0.138. The Kier molecular flexibility index (Phi) is 5.90. The van der Waals surface area contributed by atoms with Crippen molar-refractivity contribution < 1.29 is 14.1 Å². The fourth-order valence-corrected chi connectivity index (χ4v) is 4.10. The molecule has 0 aliphatic carbocycles. The average molecular weight is 384 g/mol. The fraction of sp³-hybridized carbons (Fsp3) is 0.571. The van der Waals surface area contributed by atoms with Crippen LogP contribution in [-0.4, -0.2) is 59.1 Å². The van der Waals surface area contributed by atoms with Crippen LogP contribution in [0.25, 0.3) is 11.4 Å². The molecule has 7 nitrogen and oxygen atoms in total. The zero-order valence-electron chi connectivity index (χ0n) is 16.5. The molecule has 0 saturated carbocycles. The molecule has 0 atom stereocenters. The van der Waals surface area contributed by atoms with E-state index in [1.54, 1.807) is 7.11 Å². The third-order valence-corrected chi connectivity index (χ3v) is 5.76. The summed E-state index contributed by atoms with van der Waals surface area (Å²) in [6.45, 7) is 4.28. The number of carbonyl (C=O) groups excluding carboxylic acids is 1. The number of nitrogens with zero attached hydrogens (tertiary/aromatic N) is 4. The summed E-state index contributed by atoms with van der Waals surface area (Å²) in [5, 5.41) is 4.10. The van der Waals surface area contributed by atoms with Gasteiger partial charge in [0.2, 0.25) is 17.6 Å². The largest absolute Gasteiger partial charge is 0.497 e. The van der Waals surface area contributed by atoms with Crippen LogP contribution in [0.4, 0.5) is 0 Å². The van der Waals surface area contributed by atoms with Crippen molar-refractivity contribution in [3.05, 3.63) is 30.2 Å². The highest BCUT2D eigenvalue weighted by Crippen LogP contribution is 2.24. The minimum Gasteiger partial charge on any atom is -0.497 e. The minimum atomic E-state index is 0.171. The van der Waals surface area contributed by atoms with E-state index in [1.807, 2.05) is 24.3 Å². The van der Waals surface area contributed by atoms with Crippen molar-refractivity contribution in [1.82, 2.24) is 19.9 Å². The Hall–Kier alpha value is -2.41. The molecule has 3 heterocycles. The number of piperidine rings is 2. The number of benzene rings is 1. The van der Waals surface area contributed by atoms with Gasteiger partial charge in [0.05, 0.1) is 13.7 Å². The molecule has 1 amide bonds. The zero-order valence-corrected chi connectivity index (χ0v) is 16.5. The molecule has 2 aliphatic heterocycles. The van der Waals surface area contributed by atoms with Crippen molar-refractivity contribution in [2.45, 2.75) is 38.6 Å². The molecule has 2 saturated heterocycles. The van der Waals surface area contributed by atoms with Crippen LogP contribution in [0.5, 0.6) is 5.75 Å². The number of amides is 1. The van der Waals surface area contributed by atoms with E-state index in [9.17, 15) is 4.79 Å². The third-order valence-electron chi connectivity index (χ3n) is 5.76. The highest BCUT2D eigenvalue weighted by atomic mass is 16.5. The molecule has 0 spiro atoms. The van der Waals surface area contributed by atoms with Gasteiger partial charge in [-0.15, -0.1) is 0 Å². The molecule has 7 heteroatoms. The standard InChI is InChI=1S/C21H28N4O3/c1-27-18-7-5-6-17(14-18)20-22-19(28-23-20)15-24-12-8-16(9-13-24)21(26)25-10-3-2-4-11-25/h5-7,14,16H,2-4,8-13,15H2,1H3. The van der Waals surface area contributed by atoms with E-state index in [0.29, 0.717) is 24.2 Å². The predicted molar refractivity (Wildman–Crippen MR) is 105 cm³/mol. The molecule has 1 aromatic carbocycles. The molecule has 2 aromatic rings. The molecule has 2 fully saturated rings. The lowest BCUT2D eigenvalue weighted by Gasteiger charge is -2.35. The topological polar surface area (TPSA) is 71.7 Å². The second kappa shape index (κ2) is 8.73. The number of likely N-dealkylation sites (tertiary alicyclic amines) is 2. The molecular weight excluding hydrogens is 356 g/mol. The first kappa shape index (κ1) is 18.9. The third kappa shape index (κ3) is 4.35. The Morgan fingerprint density at radius 3 is 2.71 bits per heavy atom. The minimum absolute atomic E-state index is 0.171. The summed E-state index contributed by atoms with van der Waals surface area (Å²) in [7, 11) is 1.64. The second-order valence-corrected chi connectivity index (χ2v) is 7.68. The Morgan fingerprint density at radius 1 is 1.18 bits per heavy atom. The molecule has 1 aromatic heterocycles. The summed E-state index contributed by atoms with van der Waals surface area (Å²) >= 11 is 0. The molecular formula is C21H28N4O3. The average Bonchev–Trinajstić information content (AvgIpc) is 3.23. The van der Waals surface area contributed by atoms with Gasteiger partial charge in [0.25, 0.3) is 0 Å². The van der Waals surface area contributed by atoms with Crippen LogP contribution in [0.1, 0.15) is 38.0 Å². The maximum Gasteiger partial charge on any atom is 0.241 e. The maximum atomic E-state index is 12.7. The summed E-state index contributed by atoms with van der Waals surface area (Å²) in [5.41, 5.74) is 0.875. The van der Waals surface area contributed by atoms with Crippen molar-refractivity contribution >= 4 is 5.91 Å². The summed E-state index contributed by atoms with van der Waals surface area (Å²) in [6.07, 6.45) is 5.37. The molecule has 28 heavy (non-hydrogen) atoms. The van der Waals surface area contributed by atoms with Gasteiger partial charge in [-0.2, -0.15) is 4.98 Å². The molecule has 0 unspecified atom stereocenters. The van der Waals surface area contributed by atoms with Gasteiger partial charge in [0, 0.05) is 24.6 Å². The number of ether oxygens (including phenoxy) is 1. The SMILES string of the molecule is COc1cccc(-c2noc(CN3CCC(C(=O)N4CCCCC4)CC3)n2)c1. The van der Waals surface area contributed by atoms with E-state index < -0.39 is 0 Å².